The Labute approximate surface area is 156 Å². The first-order valence-corrected chi connectivity index (χ1v) is 9.45. The monoisotopic (exact) mass is 365 g/mol. The average Bonchev–Trinajstić information content (AvgIpc) is 2.62. The molecule has 25 heavy (non-hydrogen) atoms. The van der Waals surface area contributed by atoms with Gasteiger partial charge in [-0.25, -0.2) is 4.79 Å². The SMILES string of the molecule is CCOC(=O)OC1CC2c3ccccc3CCN2C2CCCCC12.Cl. The zero-order chi connectivity index (χ0) is 16.5. The first-order chi connectivity index (χ1) is 11.8. The van der Waals surface area contributed by atoms with Crippen molar-refractivity contribution in [1.29, 1.82) is 0 Å². The van der Waals surface area contributed by atoms with Gasteiger partial charge in [0, 0.05) is 31.0 Å². The molecule has 1 aliphatic carbocycles. The van der Waals surface area contributed by atoms with E-state index >= 15 is 0 Å². The number of halogens is 1. The summed E-state index contributed by atoms with van der Waals surface area (Å²) in [6.45, 7) is 3.33. The second kappa shape index (κ2) is 7.96. The van der Waals surface area contributed by atoms with Crippen LogP contribution in [0.1, 0.15) is 56.2 Å². The van der Waals surface area contributed by atoms with E-state index in [1.807, 2.05) is 6.92 Å². The highest BCUT2D eigenvalue weighted by Crippen LogP contribution is 2.47. The zero-order valence-electron chi connectivity index (χ0n) is 14.9. The lowest BCUT2D eigenvalue weighted by Crippen LogP contribution is -2.56. The lowest BCUT2D eigenvalue weighted by Gasteiger charge is -2.53. The van der Waals surface area contributed by atoms with Crippen LogP contribution in [0.4, 0.5) is 4.79 Å². The predicted molar refractivity (Wildman–Crippen MR) is 99.1 cm³/mol. The number of carbonyl (C=O) groups excluding carboxylic acids is 1. The number of hydrogen-bond acceptors (Lipinski definition) is 4. The molecule has 4 nitrogen and oxygen atoms in total. The van der Waals surface area contributed by atoms with Crippen molar-refractivity contribution in [3.63, 3.8) is 0 Å². The third-order valence-corrected chi connectivity index (χ3v) is 6.10. The van der Waals surface area contributed by atoms with Gasteiger partial charge in [0.15, 0.2) is 0 Å². The number of fused-ring (bicyclic) bond motifs is 5. The molecule has 138 valence electrons. The van der Waals surface area contributed by atoms with Crippen LogP contribution in [-0.4, -0.2) is 36.4 Å². The Kier molecular flexibility index (Phi) is 5.90. The molecule has 0 aromatic heterocycles. The number of ether oxygens (including phenoxy) is 2. The van der Waals surface area contributed by atoms with Gasteiger partial charge in [-0.3, -0.25) is 4.90 Å². The summed E-state index contributed by atoms with van der Waals surface area (Å²) in [7, 11) is 0. The standard InChI is InChI=1S/C20H27NO3.ClH/c1-2-23-20(22)24-19-13-18-15-8-4-3-7-14(15)11-12-21(18)17-10-6-5-9-16(17)19;/h3-4,7-8,16-19H,2,5-6,9-13H2,1H3;1H. The highest BCUT2D eigenvalue weighted by atomic mass is 35.5. The number of benzene rings is 1. The van der Waals surface area contributed by atoms with Gasteiger partial charge in [0.2, 0.25) is 0 Å². The molecule has 4 unspecified atom stereocenters. The largest absolute Gasteiger partial charge is 0.508 e. The van der Waals surface area contributed by atoms with E-state index in [-0.39, 0.29) is 18.5 Å². The van der Waals surface area contributed by atoms with Crippen molar-refractivity contribution in [2.45, 2.75) is 63.6 Å². The molecule has 0 amide bonds. The van der Waals surface area contributed by atoms with Crippen molar-refractivity contribution in [3.8, 4) is 0 Å². The minimum absolute atomic E-state index is 0. The number of piperidine rings is 1. The molecule has 4 rings (SSSR count). The summed E-state index contributed by atoms with van der Waals surface area (Å²) in [6, 6.07) is 9.71. The van der Waals surface area contributed by atoms with Crippen LogP contribution < -0.4 is 0 Å². The molecule has 1 saturated heterocycles. The topological polar surface area (TPSA) is 38.8 Å². The molecule has 0 bridgehead atoms. The van der Waals surface area contributed by atoms with Gasteiger partial charge in [0.1, 0.15) is 6.10 Å². The smallest absolute Gasteiger partial charge is 0.435 e. The molecule has 2 fully saturated rings. The molecular formula is C20H28ClNO3. The lowest BCUT2D eigenvalue weighted by molar-refractivity contribution is -0.0897. The third-order valence-electron chi connectivity index (χ3n) is 6.10. The van der Waals surface area contributed by atoms with Crippen LogP contribution in [0.25, 0.3) is 0 Å². The fourth-order valence-electron chi connectivity index (χ4n) is 5.12. The Balaban J connectivity index is 0.00000182. The second-order valence-corrected chi connectivity index (χ2v) is 7.29. The van der Waals surface area contributed by atoms with Gasteiger partial charge in [-0.05, 0) is 37.3 Å². The molecule has 0 spiro atoms. The molecule has 1 aromatic rings. The predicted octanol–water partition coefficient (Wildman–Crippen LogP) is 4.51. The van der Waals surface area contributed by atoms with E-state index in [1.165, 1.54) is 36.8 Å². The minimum Gasteiger partial charge on any atom is -0.435 e. The first kappa shape index (κ1) is 18.5. The van der Waals surface area contributed by atoms with Crippen LogP contribution in [0.3, 0.4) is 0 Å². The van der Waals surface area contributed by atoms with E-state index in [0.717, 1.165) is 19.4 Å². The summed E-state index contributed by atoms with van der Waals surface area (Å²) >= 11 is 0. The van der Waals surface area contributed by atoms with Crippen LogP contribution in [0.15, 0.2) is 24.3 Å². The fourth-order valence-corrected chi connectivity index (χ4v) is 5.12. The van der Waals surface area contributed by atoms with E-state index < -0.39 is 6.16 Å². The van der Waals surface area contributed by atoms with Crippen molar-refractivity contribution in [3.05, 3.63) is 35.4 Å². The van der Waals surface area contributed by atoms with Crippen molar-refractivity contribution in [2.75, 3.05) is 13.2 Å². The van der Waals surface area contributed by atoms with E-state index in [4.69, 9.17) is 9.47 Å². The first-order valence-electron chi connectivity index (χ1n) is 9.45. The Morgan fingerprint density at radius 3 is 2.88 bits per heavy atom. The summed E-state index contributed by atoms with van der Waals surface area (Å²) in [5, 5.41) is 0. The van der Waals surface area contributed by atoms with Crippen molar-refractivity contribution < 1.29 is 14.3 Å². The molecule has 2 aliphatic heterocycles. The molecular weight excluding hydrogens is 338 g/mol. The third kappa shape index (κ3) is 3.52. The number of rotatable bonds is 2. The molecule has 1 aromatic carbocycles. The van der Waals surface area contributed by atoms with Gasteiger partial charge in [-0.1, -0.05) is 37.1 Å². The lowest BCUT2D eigenvalue weighted by atomic mass is 9.71. The Bertz CT molecular complexity index is 608. The highest BCUT2D eigenvalue weighted by Gasteiger charge is 2.47. The molecule has 4 atom stereocenters. The van der Waals surface area contributed by atoms with Crippen LogP contribution >= 0.6 is 12.4 Å². The maximum atomic E-state index is 11.9. The Morgan fingerprint density at radius 1 is 1.24 bits per heavy atom. The van der Waals surface area contributed by atoms with Gasteiger partial charge >= 0.3 is 6.16 Å². The summed E-state index contributed by atoms with van der Waals surface area (Å²) in [6.07, 6.45) is 6.46. The quantitative estimate of drug-likeness (QED) is 0.723. The molecule has 0 radical (unpaired) electrons. The van der Waals surface area contributed by atoms with E-state index in [1.54, 1.807) is 0 Å². The van der Waals surface area contributed by atoms with Crippen molar-refractivity contribution >= 4 is 18.6 Å². The van der Waals surface area contributed by atoms with Crippen LogP contribution in [0, 0.1) is 5.92 Å². The van der Waals surface area contributed by atoms with Crippen LogP contribution in [0.2, 0.25) is 0 Å². The summed E-state index contributed by atoms with van der Waals surface area (Å²) in [4.78, 5) is 14.6. The molecule has 5 heteroatoms. The second-order valence-electron chi connectivity index (χ2n) is 7.29. The molecule has 1 saturated carbocycles. The normalized spacial score (nSPS) is 30.9. The maximum absolute atomic E-state index is 11.9. The average molecular weight is 366 g/mol. The van der Waals surface area contributed by atoms with Crippen LogP contribution in [0.5, 0.6) is 0 Å². The number of nitrogens with zero attached hydrogens (tertiary/aromatic N) is 1. The Morgan fingerprint density at radius 2 is 2.04 bits per heavy atom. The zero-order valence-corrected chi connectivity index (χ0v) is 15.7. The van der Waals surface area contributed by atoms with Gasteiger partial charge in [0.25, 0.3) is 0 Å². The van der Waals surface area contributed by atoms with Gasteiger partial charge in [0.05, 0.1) is 6.61 Å². The van der Waals surface area contributed by atoms with Crippen molar-refractivity contribution in [1.82, 2.24) is 4.90 Å². The van der Waals surface area contributed by atoms with E-state index in [9.17, 15) is 4.79 Å². The van der Waals surface area contributed by atoms with E-state index in [0.29, 0.717) is 24.6 Å². The Hall–Kier alpha value is -1.26. The molecule has 2 heterocycles. The highest BCUT2D eigenvalue weighted by molar-refractivity contribution is 5.85. The van der Waals surface area contributed by atoms with Gasteiger partial charge < -0.3 is 9.47 Å². The number of hydrogen-bond donors (Lipinski definition) is 0. The minimum atomic E-state index is -0.496. The molecule has 3 aliphatic rings. The van der Waals surface area contributed by atoms with E-state index in [2.05, 4.69) is 29.2 Å². The van der Waals surface area contributed by atoms with Crippen LogP contribution in [-0.2, 0) is 15.9 Å². The van der Waals surface area contributed by atoms with Gasteiger partial charge in [-0.15, -0.1) is 12.4 Å². The summed E-state index contributed by atoms with van der Waals surface area (Å²) in [5.41, 5.74) is 2.90. The number of carbonyl (C=O) groups is 1. The van der Waals surface area contributed by atoms with Gasteiger partial charge in [-0.2, -0.15) is 0 Å². The van der Waals surface area contributed by atoms with Crippen molar-refractivity contribution in [2.24, 2.45) is 5.92 Å². The summed E-state index contributed by atoms with van der Waals surface area (Å²) < 4.78 is 10.8. The summed E-state index contributed by atoms with van der Waals surface area (Å²) in [5.74, 6) is 0.463. The fraction of sp³-hybridized carbons (Fsp3) is 0.650. The maximum Gasteiger partial charge on any atom is 0.508 e. The molecule has 0 N–H and O–H groups in total.